The predicted molar refractivity (Wildman–Crippen MR) is 126 cm³/mol. The first-order chi connectivity index (χ1) is 15.8. The first kappa shape index (κ1) is 22.7. The number of hydrazine groups is 2. The molecule has 0 spiro atoms. The summed E-state index contributed by atoms with van der Waals surface area (Å²) in [5.41, 5.74) is 14.7. The number of rotatable bonds is 1. The molecule has 2 amide bonds. The molecule has 4 N–H and O–H groups in total. The van der Waals surface area contributed by atoms with Gasteiger partial charge in [-0.2, -0.15) is 0 Å². The molecule has 0 aliphatic carbocycles. The van der Waals surface area contributed by atoms with Crippen molar-refractivity contribution in [2.45, 2.75) is 14.4 Å². The maximum absolute atomic E-state index is 11.6. The highest BCUT2D eigenvalue weighted by molar-refractivity contribution is 6.36. The first-order valence-electron chi connectivity index (χ1n) is 9.71. The lowest BCUT2D eigenvalue weighted by molar-refractivity contribution is -0.255. The molecule has 0 fully saturated rings. The van der Waals surface area contributed by atoms with E-state index in [1.807, 2.05) is 13.0 Å². The minimum atomic E-state index is -1.35. The molecule has 0 bridgehead atoms. The molecule has 0 saturated carbocycles. The van der Waals surface area contributed by atoms with E-state index >= 15 is 0 Å². The van der Waals surface area contributed by atoms with Crippen molar-refractivity contribution in [3.8, 4) is 0 Å². The molecular formula is C23H18ClN6O4-. The molecule has 4 aromatic rings. The van der Waals surface area contributed by atoms with Crippen molar-refractivity contribution in [1.82, 2.24) is 20.8 Å². The molecule has 0 saturated heterocycles. The SMILES string of the molecule is C.Cc1cc2c3c(ccc(Cl)c3n1)C(=O)NN2.O=C([O-])c1cc2c3c(cccc3n1)C(=O)NN2. The number of aryl methyl sites for hydroxylation is 1. The van der Waals surface area contributed by atoms with E-state index in [9.17, 15) is 19.5 Å². The Hall–Kier alpha value is -4.44. The molecular weight excluding hydrogens is 460 g/mol. The Bertz CT molecular complexity index is 1520. The van der Waals surface area contributed by atoms with Gasteiger partial charge in [-0.3, -0.25) is 36.3 Å². The topological polar surface area (TPSA) is 148 Å². The zero-order valence-corrected chi connectivity index (χ0v) is 17.7. The van der Waals surface area contributed by atoms with Crippen LogP contribution in [-0.2, 0) is 0 Å². The van der Waals surface area contributed by atoms with Gasteiger partial charge in [0.05, 0.1) is 50.2 Å². The molecule has 0 unspecified atom stereocenters. The van der Waals surface area contributed by atoms with Crippen molar-refractivity contribution in [2.75, 3.05) is 10.9 Å². The summed E-state index contributed by atoms with van der Waals surface area (Å²) < 4.78 is 0. The van der Waals surface area contributed by atoms with Crippen LogP contribution in [0, 0.1) is 6.92 Å². The van der Waals surface area contributed by atoms with E-state index in [0.29, 0.717) is 38.3 Å². The fourth-order valence-corrected chi connectivity index (χ4v) is 3.99. The fourth-order valence-electron chi connectivity index (χ4n) is 3.79. The maximum Gasteiger partial charge on any atom is 0.270 e. The van der Waals surface area contributed by atoms with Gasteiger partial charge in [-0.1, -0.05) is 25.1 Å². The standard InChI is InChI=1S/C11H8ClN3O.C11H7N3O3.CH4/c1-5-4-8-9-6(11(16)15-14-8)2-3-7(12)10(9)13-5;15-10-5-2-1-3-6-9(5)7(13-14-10)4-8(12-6)11(16)17;/h2-4,14H,1H3,(H,15,16);1-4,13H,(H,14,15)(H,16,17);1H4/p-1. The van der Waals surface area contributed by atoms with Gasteiger partial charge in [0.15, 0.2) is 0 Å². The van der Waals surface area contributed by atoms with E-state index in [1.165, 1.54) is 6.07 Å². The number of anilines is 2. The van der Waals surface area contributed by atoms with Gasteiger partial charge in [0, 0.05) is 16.5 Å². The van der Waals surface area contributed by atoms with Crippen molar-refractivity contribution >= 4 is 62.6 Å². The summed E-state index contributed by atoms with van der Waals surface area (Å²) in [6, 6.07) is 11.6. The number of nitrogens with zero attached hydrogens (tertiary/aromatic N) is 2. The smallest absolute Gasteiger partial charge is 0.270 e. The Kier molecular flexibility index (Phi) is 5.68. The molecule has 10 nitrogen and oxygen atoms in total. The van der Waals surface area contributed by atoms with Gasteiger partial charge in [-0.25, -0.2) is 4.98 Å². The number of aromatic carboxylic acids is 1. The quantitative estimate of drug-likeness (QED) is 0.327. The number of benzene rings is 2. The highest BCUT2D eigenvalue weighted by atomic mass is 35.5. The summed E-state index contributed by atoms with van der Waals surface area (Å²) in [4.78, 5) is 42.3. The lowest BCUT2D eigenvalue weighted by atomic mass is 10.0. The lowest BCUT2D eigenvalue weighted by Crippen LogP contribution is -2.34. The number of carbonyl (C=O) groups excluding carboxylic acids is 3. The Morgan fingerprint density at radius 2 is 1.53 bits per heavy atom. The zero-order valence-electron chi connectivity index (χ0n) is 16.9. The highest BCUT2D eigenvalue weighted by Crippen LogP contribution is 2.33. The van der Waals surface area contributed by atoms with Gasteiger partial charge < -0.3 is 9.90 Å². The average Bonchev–Trinajstić information content (AvgIpc) is 2.80. The number of hydrogen-bond acceptors (Lipinski definition) is 8. The van der Waals surface area contributed by atoms with Gasteiger partial charge in [0.25, 0.3) is 11.8 Å². The van der Waals surface area contributed by atoms with Gasteiger partial charge in [0.1, 0.15) is 0 Å². The molecule has 2 aliphatic heterocycles. The largest absolute Gasteiger partial charge is 0.543 e. The summed E-state index contributed by atoms with van der Waals surface area (Å²) in [7, 11) is 0. The van der Waals surface area contributed by atoms with Crippen LogP contribution < -0.4 is 26.8 Å². The molecule has 2 aliphatic rings. The summed E-state index contributed by atoms with van der Waals surface area (Å²) in [6.07, 6.45) is 0. The van der Waals surface area contributed by atoms with Crippen LogP contribution >= 0.6 is 11.6 Å². The van der Waals surface area contributed by atoms with Crippen molar-refractivity contribution in [3.05, 3.63) is 70.0 Å². The van der Waals surface area contributed by atoms with Crippen LogP contribution in [0.2, 0.25) is 5.02 Å². The van der Waals surface area contributed by atoms with E-state index in [1.54, 1.807) is 30.3 Å². The number of aromatic nitrogens is 2. The Labute approximate surface area is 198 Å². The predicted octanol–water partition coefficient (Wildman–Crippen LogP) is 2.57. The number of carboxylic acid groups (broad SMARTS) is 1. The lowest BCUT2D eigenvalue weighted by Gasteiger charge is -2.19. The van der Waals surface area contributed by atoms with Crippen molar-refractivity contribution in [1.29, 1.82) is 0 Å². The number of carboxylic acids is 1. The number of halogens is 1. The van der Waals surface area contributed by atoms with Crippen molar-refractivity contribution < 1.29 is 19.5 Å². The molecule has 2 aromatic heterocycles. The van der Waals surface area contributed by atoms with Gasteiger partial charge >= 0.3 is 0 Å². The van der Waals surface area contributed by atoms with Crippen LogP contribution in [0.15, 0.2) is 42.5 Å². The van der Waals surface area contributed by atoms with Crippen LogP contribution in [-0.4, -0.2) is 27.8 Å². The van der Waals surface area contributed by atoms with Gasteiger partial charge in [0.2, 0.25) is 0 Å². The van der Waals surface area contributed by atoms with E-state index in [-0.39, 0.29) is 24.9 Å². The number of pyridine rings is 2. The summed E-state index contributed by atoms with van der Waals surface area (Å²) in [5, 5.41) is 12.7. The molecule has 0 radical (unpaired) electrons. The molecule has 0 atom stereocenters. The third kappa shape index (κ3) is 3.69. The van der Waals surface area contributed by atoms with E-state index in [0.717, 1.165) is 16.8 Å². The second-order valence-electron chi connectivity index (χ2n) is 7.33. The second kappa shape index (κ2) is 8.49. The maximum atomic E-state index is 11.6. The summed E-state index contributed by atoms with van der Waals surface area (Å²) >= 11 is 6.08. The Morgan fingerprint density at radius 3 is 2.21 bits per heavy atom. The second-order valence-corrected chi connectivity index (χ2v) is 7.74. The number of carbonyl (C=O) groups is 3. The van der Waals surface area contributed by atoms with Crippen molar-refractivity contribution in [3.63, 3.8) is 0 Å². The molecule has 11 heteroatoms. The molecule has 4 heterocycles. The van der Waals surface area contributed by atoms with Crippen LogP contribution in [0.4, 0.5) is 11.4 Å². The molecule has 6 rings (SSSR count). The summed E-state index contributed by atoms with van der Waals surface area (Å²) in [5.74, 6) is -1.79. The Balaban J connectivity index is 0.000000157. The van der Waals surface area contributed by atoms with Crippen LogP contribution in [0.25, 0.3) is 21.8 Å². The fraction of sp³-hybridized carbons (Fsp3) is 0.0870. The molecule has 172 valence electrons. The monoisotopic (exact) mass is 477 g/mol. The number of nitrogens with one attached hydrogen (secondary N) is 4. The zero-order chi connectivity index (χ0) is 23.3. The van der Waals surface area contributed by atoms with Crippen molar-refractivity contribution in [2.24, 2.45) is 0 Å². The minimum absolute atomic E-state index is 0. The molecule has 34 heavy (non-hydrogen) atoms. The third-order valence-electron chi connectivity index (χ3n) is 5.19. The van der Waals surface area contributed by atoms with Crippen LogP contribution in [0.1, 0.15) is 44.3 Å². The first-order valence-corrected chi connectivity index (χ1v) is 10.1. The average molecular weight is 478 g/mol. The third-order valence-corrected chi connectivity index (χ3v) is 5.50. The van der Waals surface area contributed by atoms with E-state index in [2.05, 4.69) is 31.7 Å². The molecule has 2 aromatic carbocycles. The van der Waals surface area contributed by atoms with Gasteiger partial charge in [-0.15, -0.1) is 0 Å². The number of hydrogen-bond donors (Lipinski definition) is 4. The van der Waals surface area contributed by atoms with Gasteiger partial charge in [-0.05, 0) is 43.3 Å². The van der Waals surface area contributed by atoms with E-state index < -0.39 is 5.97 Å². The normalized spacial score (nSPS) is 12.9. The van der Waals surface area contributed by atoms with Crippen LogP contribution in [0.5, 0.6) is 0 Å². The number of amides is 2. The Morgan fingerprint density at radius 1 is 0.882 bits per heavy atom. The van der Waals surface area contributed by atoms with Crippen LogP contribution in [0.3, 0.4) is 0 Å². The minimum Gasteiger partial charge on any atom is -0.543 e. The highest BCUT2D eigenvalue weighted by Gasteiger charge is 2.21. The summed E-state index contributed by atoms with van der Waals surface area (Å²) in [6.45, 7) is 1.89. The van der Waals surface area contributed by atoms with E-state index in [4.69, 9.17) is 11.6 Å².